The summed E-state index contributed by atoms with van der Waals surface area (Å²) in [4.78, 5) is 18.5. The van der Waals surface area contributed by atoms with Gasteiger partial charge in [-0.2, -0.15) is 13.2 Å². The average Bonchev–Trinajstić information content (AvgIpc) is 2.85. The number of rotatable bonds is 2. The summed E-state index contributed by atoms with van der Waals surface area (Å²) in [6.07, 6.45) is -2.22. The normalized spacial score (nSPS) is 18.9. The van der Waals surface area contributed by atoms with Gasteiger partial charge in [-0.25, -0.2) is 4.98 Å². The van der Waals surface area contributed by atoms with Gasteiger partial charge in [-0.05, 0) is 18.9 Å². The molecule has 1 unspecified atom stereocenters. The lowest BCUT2D eigenvalue weighted by atomic mass is 10.1. The summed E-state index contributed by atoms with van der Waals surface area (Å²) in [5, 5.41) is 0. The predicted octanol–water partition coefficient (Wildman–Crippen LogP) is 1.74. The van der Waals surface area contributed by atoms with Crippen LogP contribution in [0.15, 0.2) is 12.3 Å². The highest BCUT2D eigenvalue weighted by Gasteiger charge is 2.36. The number of anilines is 2. The molecule has 0 aliphatic carbocycles. The molecule has 0 aromatic carbocycles. The molecule has 0 saturated carbocycles. The SMILES string of the molecule is CN(C)C(=O)C1CCCN1c1cc(C(F)(F)F)ncc1N. The van der Waals surface area contributed by atoms with Crippen molar-refractivity contribution in [1.29, 1.82) is 0 Å². The van der Waals surface area contributed by atoms with E-state index in [0.717, 1.165) is 18.7 Å². The Bertz CT molecular complexity index is 545. The number of aromatic nitrogens is 1. The van der Waals surface area contributed by atoms with E-state index in [0.29, 0.717) is 13.0 Å². The smallest absolute Gasteiger partial charge is 0.396 e. The van der Waals surface area contributed by atoms with Gasteiger partial charge >= 0.3 is 6.18 Å². The van der Waals surface area contributed by atoms with Crippen molar-refractivity contribution in [1.82, 2.24) is 9.88 Å². The lowest BCUT2D eigenvalue weighted by molar-refractivity contribution is -0.141. The number of nitrogens with zero attached hydrogens (tertiary/aromatic N) is 3. The lowest BCUT2D eigenvalue weighted by Gasteiger charge is -2.29. The molecule has 1 aromatic rings. The second-order valence-corrected chi connectivity index (χ2v) is 5.21. The standard InChI is InChI=1S/C13H17F3N4O/c1-19(2)12(21)9-4-3-5-20(9)10-6-11(13(14,15)16)18-7-8(10)17/h6-7,9H,3-5,17H2,1-2H3. The molecule has 2 heterocycles. The Morgan fingerprint density at radius 2 is 2.14 bits per heavy atom. The van der Waals surface area contributed by atoms with Crippen LogP contribution in [0.4, 0.5) is 24.5 Å². The van der Waals surface area contributed by atoms with Crippen LogP contribution in [0.1, 0.15) is 18.5 Å². The summed E-state index contributed by atoms with van der Waals surface area (Å²) >= 11 is 0. The molecular weight excluding hydrogens is 285 g/mol. The van der Waals surface area contributed by atoms with Crippen LogP contribution in [0.2, 0.25) is 0 Å². The van der Waals surface area contributed by atoms with E-state index in [4.69, 9.17) is 5.73 Å². The fraction of sp³-hybridized carbons (Fsp3) is 0.538. The third-order valence-corrected chi connectivity index (χ3v) is 3.49. The third kappa shape index (κ3) is 3.03. The van der Waals surface area contributed by atoms with Crippen molar-refractivity contribution in [2.24, 2.45) is 0 Å². The van der Waals surface area contributed by atoms with Crippen molar-refractivity contribution in [3.63, 3.8) is 0 Å². The lowest BCUT2D eigenvalue weighted by Crippen LogP contribution is -2.43. The molecule has 1 aliphatic heterocycles. The molecule has 0 radical (unpaired) electrons. The molecular formula is C13H17F3N4O. The number of amides is 1. The summed E-state index contributed by atoms with van der Waals surface area (Å²) < 4.78 is 38.3. The first kappa shape index (κ1) is 15.4. The van der Waals surface area contributed by atoms with E-state index < -0.39 is 17.9 Å². The molecule has 1 saturated heterocycles. The second-order valence-electron chi connectivity index (χ2n) is 5.21. The summed E-state index contributed by atoms with van der Waals surface area (Å²) in [5.74, 6) is -0.141. The van der Waals surface area contributed by atoms with Gasteiger partial charge in [0.05, 0.1) is 17.6 Å². The van der Waals surface area contributed by atoms with E-state index in [2.05, 4.69) is 4.98 Å². The van der Waals surface area contributed by atoms with E-state index in [9.17, 15) is 18.0 Å². The third-order valence-electron chi connectivity index (χ3n) is 3.49. The Hall–Kier alpha value is -1.99. The van der Waals surface area contributed by atoms with Crippen molar-refractivity contribution in [2.45, 2.75) is 25.1 Å². The maximum Gasteiger partial charge on any atom is 0.433 e. The zero-order chi connectivity index (χ0) is 15.8. The number of hydrogen-bond acceptors (Lipinski definition) is 4. The highest BCUT2D eigenvalue weighted by Crippen LogP contribution is 2.35. The van der Waals surface area contributed by atoms with Crippen LogP contribution in [0.25, 0.3) is 0 Å². The topological polar surface area (TPSA) is 62.5 Å². The molecule has 5 nitrogen and oxygen atoms in total. The molecule has 0 spiro atoms. The van der Waals surface area contributed by atoms with Crippen LogP contribution in [0, 0.1) is 0 Å². The molecule has 2 N–H and O–H groups in total. The van der Waals surface area contributed by atoms with Gasteiger partial charge in [0.1, 0.15) is 11.7 Å². The highest BCUT2D eigenvalue weighted by atomic mass is 19.4. The quantitative estimate of drug-likeness (QED) is 0.904. The first-order valence-electron chi connectivity index (χ1n) is 6.52. The summed E-state index contributed by atoms with van der Waals surface area (Å²) in [6, 6.07) is 0.433. The number of halogens is 3. The van der Waals surface area contributed by atoms with Gasteiger partial charge in [0.15, 0.2) is 0 Å². The maximum absolute atomic E-state index is 12.8. The van der Waals surface area contributed by atoms with Crippen molar-refractivity contribution in [3.8, 4) is 0 Å². The van der Waals surface area contributed by atoms with Crippen molar-refractivity contribution >= 4 is 17.3 Å². The molecule has 21 heavy (non-hydrogen) atoms. The van der Waals surface area contributed by atoms with E-state index >= 15 is 0 Å². The first-order valence-corrected chi connectivity index (χ1v) is 6.52. The van der Waals surface area contributed by atoms with Crippen molar-refractivity contribution in [3.05, 3.63) is 18.0 Å². The van der Waals surface area contributed by atoms with Gasteiger partial charge in [-0.3, -0.25) is 4.79 Å². The second kappa shape index (κ2) is 5.42. The zero-order valence-electron chi connectivity index (χ0n) is 11.8. The first-order chi connectivity index (χ1) is 9.71. The van der Waals surface area contributed by atoms with Gasteiger partial charge in [0, 0.05) is 20.6 Å². The fourth-order valence-corrected chi connectivity index (χ4v) is 2.47. The molecule has 0 bridgehead atoms. The van der Waals surface area contributed by atoms with Crippen LogP contribution < -0.4 is 10.6 Å². The Balaban J connectivity index is 2.38. The van der Waals surface area contributed by atoms with Crippen LogP contribution >= 0.6 is 0 Å². The average molecular weight is 302 g/mol. The molecule has 8 heteroatoms. The number of carbonyl (C=O) groups is 1. The molecule has 1 amide bonds. The minimum atomic E-state index is -4.54. The van der Waals surface area contributed by atoms with Gasteiger partial charge in [0.25, 0.3) is 0 Å². The number of nitrogen functional groups attached to an aromatic ring is 1. The van der Waals surface area contributed by atoms with Crippen molar-refractivity contribution in [2.75, 3.05) is 31.3 Å². The molecule has 1 aromatic heterocycles. The van der Waals surface area contributed by atoms with Crippen LogP contribution in [-0.4, -0.2) is 42.5 Å². The Labute approximate surface area is 120 Å². The monoisotopic (exact) mass is 302 g/mol. The van der Waals surface area contributed by atoms with Crippen LogP contribution in [-0.2, 0) is 11.0 Å². The van der Waals surface area contributed by atoms with Gasteiger partial charge < -0.3 is 15.5 Å². The van der Waals surface area contributed by atoms with Crippen LogP contribution in [0.3, 0.4) is 0 Å². The number of pyridine rings is 1. The highest BCUT2D eigenvalue weighted by molar-refractivity contribution is 5.87. The number of alkyl halides is 3. The van der Waals surface area contributed by atoms with Crippen LogP contribution in [0.5, 0.6) is 0 Å². The summed E-state index contributed by atoms with van der Waals surface area (Å²) in [5.41, 5.74) is 5.11. The van der Waals surface area contributed by atoms with Gasteiger partial charge in [0.2, 0.25) is 5.91 Å². The van der Waals surface area contributed by atoms with E-state index in [1.165, 1.54) is 4.90 Å². The predicted molar refractivity (Wildman–Crippen MR) is 72.7 cm³/mol. The summed E-state index contributed by atoms with van der Waals surface area (Å²) in [6.45, 7) is 0.496. The Kier molecular flexibility index (Phi) is 3.97. The molecule has 1 atom stereocenters. The molecule has 116 valence electrons. The zero-order valence-corrected chi connectivity index (χ0v) is 11.8. The summed E-state index contributed by atoms with van der Waals surface area (Å²) in [7, 11) is 3.24. The van der Waals surface area contributed by atoms with Gasteiger partial charge in [-0.1, -0.05) is 0 Å². The fourth-order valence-electron chi connectivity index (χ4n) is 2.47. The molecule has 2 rings (SSSR count). The number of hydrogen-bond donors (Lipinski definition) is 1. The number of carbonyl (C=O) groups excluding carboxylic acids is 1. The van der Waals surface area contributed by atoms with Crippen molar-refractivity contribution < 1.29 is 18.0 Å². The number of likely N-dealkylation sites (N-methyl/N-ethyl adjacent to an activating group) is 1. The maximum atomic E-state index is 12.8. The minimum Gasteiger partial charge on any atom is -0.396 e. The van der Waals surface area contributed by atoms with Gasteiger partial charge in [-0.15, -0.1) is 0 Å². The minimum absolute atomic E-state index is 0.140. The molecule has 1 fully saturated rings. The Morgan fingerprint density at radius 1 is 1.48 bits per heavy atom. The largest absolute Gasteiger partial charge is 0.433 e. The van der Waals surface area contributed by atoms with E-state index in [-0.39, 0.29) is 17.3 Å². The van der Waals surface area contributed by atoms with E-state index in [1.54, 1.807) is 19.0 Å². The molecule has 1 aliphatic rings. The number of nitrogens with two attached hydrogens (primary N) is 1. The Morgan fingerprint density at radius 3 is 2.71 bits per heavy atom. The van der Waals surface area contributed by atoms with E-state index in [1.807, 2.05) is 0 Å².